The third-order valence-electron chi connectivity index (χ3n) is 4.05. The summed E-state index contributed by atoms with van der Waals surface area (Å²) in [6.07, 6.45) is 0.823. The van der Waals surface area contributed by atoms with Crippen molar-refractivity contribution in [1.82, 2.24) is 14.9 Å². The van der Waals surface area contributed by atoms with E-state index in [0.717, 1.165) is 35.5 Å². The third-order valence-corrected chi connectivity index (χ3v) is 4.60. The fourth-order valence-corrected chi connectivity index (χ4v) is 3.63. The van der Waals surface area contributed by atoms with Gasteiger partial charge in [-0.05, 0) is 49.9 Å². The van der Waals surface area contributed by atoms with Gasteiger partial charge in [0, 0.05) is 24.2 Å². The molecular weight excluding hydrogens is 296 g/mol. The highest BCUT2D eigenvalue weighted by Gasteiger charge is 2.33. The standard InChI is InChI=1S/C16H20N4OS/c1-10-6-11(2)15(12(3)7-10)20-5-4-14(16(20)21)17-8-13-9-22-19-18-13/h6-7,9,14,17H,4-5,8H2,1-3H3/t14-/m0/s1. The first kappa shape index (κ1) is 15.1. The quantitative estimate of drug-likeness (QED) is 0.941. The molecule has 1 saturated heterocycles. The molecule has 1 N–H and O–H groups in total. The van der Waals surface area contributed by atoms with E-state index in [9.17, 15) is 4.79 Å². The number of carbonyl (C=O) groups is 1. The highest BCUT2D eigenvalue weighted by atomic mass is 32.1. The number of nitrogens with one attached hydrogen (secondary N) is 1. The van der Waals surface area contributed by atoms with Crippen LogP contribution in [0.4, 0.5) is 5.69 Å². The van der Waals surface area contributed by atoms with E-state index in [0.29, 0.717) is 6.54 Å². The van der Waals surface area contributed by atoms with Gasteiger partial charge in [-0.15, -0.1) is 5.10 Å². The number of nitrogens with zero attached hydrogens (tertiary/aromatic N) is 3. The summed E-state index contributed by atoms with van der Waals surface area (Å²) in [7, 11) is 0. The van der Waals surface area contributed by atoms with Crippen molar-refractivity contribution in [2.45, 2.75) is 39.8 Å². The second-order valence-corrected chi connectivity index (χ2v) is 6.47. The largest absolute Gasteiger partial charge is 0.310 e. The summed E-state index contributed by atoms with van der Waals surface area (Å²) in [4.78, 5) is 14.6. The van der Waals surface area contributed by atoms with Crippen LogP contribution in [0.2, 0.25) is 0 Å². The Kier molecular flexibility index (Phi) is 4.22. The highest BCUT2D eigenvalue weighted by molar-refractivity contribution is 7.03. The fraction of sp³-hybridized carbons (Fsp3) is 0.438. The summed E-state index contributed by atoms with van der Waals surface area (Å²) >= 11 is 1.33. The Morgan fingerprint density at radius 1 is 1.32 bits per heavy atom. The maximum atomic E-state index is 12.7. The molecule has 2 aromatic rings. The van der Waals surface area contributed by atoms with Gasteiger partial charge in [-0.3, -0.25) is 10.1 Å². The van der Waals surface area contributed by atoms with Crippen LogP contribution in [-0.2, 0) is 11.3 Å². The Morgan fingerprint density at radius 2 is 2.05 bits per heavy atom. The van der Waals surface area contributed by atoms with Gasteiger partial charge in [0.2, 0.25) is 5.91 Å². The van der Waals surface area contributed by atoms with E-state index in [1.165, 1.54) is 17.1 Å². The zero-order valence-electron chi connectivity index (χ0n) is 13.1. The highest BCUT2D eigenvalue weighted by Crippen LogP contribution is 2.30. The molecule has 1 aliphatic rings. The molecule has 0 unspecified atom stereocenters. The first-order valence-electron chi connectivity index (χ1n) is 7.45. The molecule has 1 fully saturated rings. The van der Waals surface area contributed by atoms with Gasteiger partial charge < -0.3 is 4.90 Å². The molecule has 0 spiro atoms. The van der Waals surface area contributed by atoms with Gasteiger partial charge in [-0.25, -0.2) is 0 Å². The topological polar surface area (TPSA) is 58.1 Å². The molecule has 5 nitrogen and oxygen atoms in total. The lowest BCUT2D eigenvalue weighted by atomic mass is 10.0. The Bertz CT molecular complexity index is 660. The minimum atomic E-state index is -0.137. The number of benzene rings is 1. The molecule has 22 heavy (non-hydrogen) atoms. The lowest BCUT2D eigenvalue weighted by molar-refractivity contribution is -0.118. The molecule has 1 amide bonds. The van der Waals surface area contributed by atoms with Crippen LogP contribution >= 0.6 is 11.5 Å². The molecule has 116 valence electrons. The summed E-state index contributed by atoms with van der Waals surface area (Å²) in [5.74, 6) is 0.151. The molecule has 2 heterocycles. The molecule has 1 aromatic carbocycles. The summed E-state index contributed by atoms with van der Waals surface area (Å²) in [6.45, 7) is 7.58. The van der Waals surface area contributed by atoms with E-state index in [2.05, 4.69) is 47.8 Å². The molecular formula is C16H20N4OS. The van der Waals surface area contributed by atoms with Gasteiger partial charge >= 0.3 is 0 Å². The van der Waals surface area contributed by atoms with E-state index >= 15 is 0 Å². The third kappa shape index (κ3) is 2.89. The Morgan fingerprint density at radius 3 is 2.68 bits per heavy atom. The van der Waals surface area contributed by atoms with Gasteiger partial charge in [-0.2, -0.15) is 0 Å². The Balaban J connectivity index is 1.74. The number of amides is 1. The van der Waals surface area contributed by atoms with Gasteiger partial charge in [-0.1, -0.05) is 22.2 Å². The number of aromatic nitrogens is 2. The number of carbonyl (C=O) groups excluding carboxylic acids is 1. The number of aryl methyl sites for hydroxylation is 3. The van der Waals surface area contributed by atoms with E-state index in [1.54, 1.807) is 0 Å². The summed E-state index contributed by atoms with van der Waals surface area (Å²) in [5.41, 5.74) is 5.51. The van der Waals surface area contributed by atoms with Gasteiger partial charge in [0.05, 0.1) is 11.7 Å². The van der Waals surface area contributed by atoms with Gasteiger partial charge in [0.15, 0.2) is 0 Å². The maximum absolute atomic E-state index is 12.7. The van der Waals surface area contributed by atoms with Crippen molar-refractivity contribution in [2.24, 2.45) is 0 Å². The molecule has 1 atom stereocenters. The van der Waals surface area contributed by atoms with E-state index < -0.39 is 0 Å². The summed E-state index contributed by atoms with van der Waals surface area (Å²) < 4.78 is 3.84. The van der Waals surface area contributed by atoms with Crippen LogP contribution in [0.25, 0.3) is 0 Å². The van der Waals surface area contributed by atoms with Crippen molar-refractivity contribution in [3.63, 3.8) is 0 Å². The molecule has 0 bridgehead atoms. The smallest absolute Gasteiger partial charge is 0.244 e. The summed E-state index contributed by atoms with van der Waals surface area (Å²) in [5, 5.41) is 9.20. The first-order valence-corrected chi connectivity index (χ1v) is 8.28. The van der Waals surface area contributed by atoms with Crippen molar-refractivity contribution in [3.8, 4) is 0 Å². The number of rotatable bonds is 4. The van der Waals surface area contributed by atoms with Crippen LogP contribution in [0, 0.1) is 20.8 Å². The SMILES string of the molecule is Cc1cc(C)c(N2CC[C@H](NCc3csnn3)C2=O)c(C)c1. The molecule has 0 radical (unpaired) electrons. The number of hydrogen-bond acceptors (Lipinski definition) is 5. The predicted octanol–water partition coefficient (Wildman–Crippen LogP) is 2.36. The molecule has 0 aliphatic carbocycles. The second kappa shape index (κ2) is 6.14. The minimum Gasteiger partial charge on any atom is -0.310 e. The van der Waals surface area contributed by atoms with E-state index in [1.807, 2.05) is 10.3 Å². The fourth-order valence-electron chi connectivity index (χ4n) is 3.18. The zero-order chi connectivity index (χ0) is 15.7. The lowest BCUT2D eigenvalue weighted by Gasteiger charge is -2.22. The lowest BCUT2D eigenvalue weighted by Crippen LogP contribution is -2.38. The molecule has 1 aliphatic heterocycles. The van der Waals surface area contributed by atoms with E-state index in [-0.39, 0.29) is 11.9 Å². The second-order valence-electron chi connectivity index (χ2n) is 5.86. The Hall–Kier alpha value is -1.79. The van der Waals surface area contributed by atoms with Crippen molar-refractivity contribution in [2.75, 3.05) is 11.4 Å². The van der Waals surface area contributed by atoms with Gasteiger partial charge in [0.25, 0.3) is 0 Å². The maximum Gasteiger partial charge on any atom is 0.244 e. The van der Waals surface area contributed by atoms with Crippen LogP contribution in [-0.4, -0.2) is 28.1 Å². The number of anilines is 1. The normalized spacial score (nSPS) is 18.2. The number of hydrogen-bond donors (Lipinski definition) is 1. The van der Waals surface area contributed by atoms with Crippen LogP contribution < -0.4 is 10.2 Å². The van der Waals surface area contributed by atoms with E-state index in [4.69, 9.17) is 0 Å². The molecule has 3 rings (SSSR count). The Labute approximate surface area is 134 Å². The van der Waals surface area contributed by atoms with Crippen LogP contribution in [0.5, 0.6) is 0 Å². The summed E-state index contributed by atoms with van der Waals surface area (Å²) in [6, 6.07) is 4.14. The predicted molar refractivity (Wildman–Crippen MR) is 88.2 cm³/mol. The van der Waals surface area contributed by atoms with Crippen molar-refractivity contribution < 1.29 is 4.79 Å². The molecule has 1 aromatic heterocycles. The van der Waals surface area contributed by atoms with Gasteiger partial charge in [0.1, 0.15) is 0 Å². The average Bonchev–Trinajstić information content (AvgIpc) is 3.07. The van der Waals surface area contributed by atoms with Crippen molar-refractivity contribution in [1.29, 1.82) is 0 Å². The van der Waals surface area contributed by atoms with Crippen molar-refractivity contribution in [3.05, 3.63) is 39.9 Å². The van der Waals surface area contributed by atoms with Crippen molar-refractivity contribution >= 4 is 23.1 Å². The van der Waals surface area contributed by atoms with Crippen LogP contribution in [0.15, 0.2) is 17.5 Å². The van der Waals surface area contributed by atoms with Crippen LogP contribution in [0.1, 0.15) is 28.8 Å². The molecule has 6 heteroatoms. The minimum absolute atomic E-state index is 0.137. The first-order chi connectivity index (χ1) is 10.6. The van der Waals surface area contributed by atoms with Crippen LogP contribution in [0.3, 0.4) is 0 Å². The monoisotopic (exact) mass is 316 g/mol. The average molecular weight is 316 g/mol. The molecule has 0 saturated carbocycles. The zero-order valence-corrected chi connectivity index (χ0v) is 13.9.